The molecule has 0 saturated carbocycles. The summed E-state index contributed by atoms with van der Waals surface area (Å²) in [5, 5.41) is 3.31. The third kappa shape index (κ3) is 4.05. The number of sulfonamides is 1. The molecule has 0 spiro atoms. The third-order valence-corrected chi connectivity index (χ3v) is 5.21. The van der Waals surface area contributed by atoms with Gasteiger partial charge in [0, 0.05) is 19.8 Å². The van der Waals surface area contributed by atoms with Crippen LogP contribution in [0.2, 0.25) is 0 Å². The molecule has 1 aromatic rings. The van der Waals surface area contributed by atoms with E-state index < -0.39 is 15.9 Å². The predicted octanol–water partition coefficient (Wildman–Crippen LogP) is -0.208. The molecule has 0 radical (unpaired) electrons. The average Bonchev–Trinajstić information content (AvgIpc) is 2.83. The summed E-state index contributed by atoms with van der Waals surface area (Å²) in [5.74, 6) is -0.134. The van der Waals surface area contributed by atoms with Crippen LogP contribution in [0.4, 0.5) is 0 Å². The van der Waals surface area contributed by atoms with Crippen LogP contribution < -0.4 is 15.8 Å². The maximum Gasteiger partial charge on any atom is 0.265 e. The Morgan fingerprint density at radius 2 is 2.33 bits per heavy atom. The molecule has 21 heavy (non-hydrogen) atoms. The van der Waals surface area contributed by atoms with Crippen LogP contribution in [-0.2, 0) is 17.1 Å². The smallest absolute Gasteiger partial charge is 0.265 e. The molecule has 1 atom stereocenters. The van der Waals surface area contributed by atoms with Gasteiger partial charge >= 0.3 is 0 Å². The number of carbonyl (C=O) groups excluding carboxylic acids is 1. The highest BCUT2D eigenvalue weighted by atomic mass is 32.2. The standard InChI is InChI=1S/C13H22N4O3S/c1-17-9-11(7-12(17)13(14)18)21(19,20)16-6-4-10-3-2-5-15-8-10/h7,9-10,15-16H,2-6,8H2,1H3,(H2,14,18). The minimum absolute atomic E-state index is 0.0700. The Balaban J connectivity index is 1.95. The van der Waals surface area contributed by atoms with Crippen LogP contribution >= 0.6 is 0 Å². The molecule has 1 aliphatic heterocycles. The van der Waals surface area contributed by atoms with Crippen molar-refractivity contribution < 1.29 is 13.2 Å². The van der Waals surface area contributed by atoms with Crippen LogP contribution in [0.5, 0.6) is 0 Å². The number of nitrogens with zero attached hydrogens (tertiary/aromatic N) is 1. The lowest BCUT2D eigenvalue weighted by Gasteiger charge is -2.22. The van der Waals surface area contributed by atoms with E-state index in [9.17, 15) is 13.2 Å². The average molecular weight is 314 g/mol. The molecule has 1 fully saturated rings. The largest absolute Gasteiger partial charge is 0.364 e. The first-order valence-corrected chi connectivity index (χ1v) is 8.55. The molecule has 1 aliphatic rings. The van der Waals surface area contributed by atoms with Crippen molar-refractivity contribution in [3.63, 3.8) is 0 Å². The Morgan fingerprint density at radius 1 is 1.57 bits per heavy atom. The molecule has 0 aromatic carbocycles. The molecule has 8 heteroatoms. The molecule has 0 aliphatic carbocycles. The number of hydrogen-bond acceptors (Lipinski definition) is 4. The summed E-state index contributed by atoms with van der Waals surface area (Å²) in [6, 6.07) is 1.30. The van der Waals surface area contributed by atoms with E-state index in [1.54, 1.807) is 7.05 Å². The van der Waals surface area contributed by atoms with Gasteiger partial charge in [0.15, 0.2) is 0 Å². The van der Waals surface area contributed by atoms with E-state index in [1.807, 2.05) is 0 Å². The highest BCUT2D eigenvalue weighted by molar-refractivity contribution is 7.89. The second kappa shape index (κ2) is 6.59. The van der Waals surface area contributed by atoms with Crippen molar-refractivity contribution in [1.82, 2.24) is 14.6 Å². The van der Waals surface area contributed by atoms with E-state index in [-0.39, 0.29) is 10.6 Å². The van der Waals surface area contributed by atoms with Gasteiger partial charge in [-0.15, -0.1) is 0 Å². The van der Waals surface area contributed by atoms with E-state index in [1.165, 1.54) is 16.8 Å². The summed E-state index contributed by atoms with van der Waals surface area (Å²) in [5.41, 5.74) is 5.36. The fourth-order valence-corrected chi connectivity index (χ4v) is 3.69. The molecule has 1 aromatic heterocycles. The fraction of sp³-hybridized carbons (Fsp3) is 0.615. The lowest BCUT2D eigenvalue weighted by Crippen LogP contribution is -2.33. The Kier molecular flexibility index (Phi) is 5.02. The number of hydrogen-bond donors (Lipinski definition) is 3. The van der Waals surface area contributed by atoms with Crippen molar-refractivity contribution in [2.45, 2.75) is 24.2 Å². The monoisotopic (exact) mass is 314 g/mol. The van der Waals surface area contributed by atoms with Crippen molar-refractivity contribution in [3.8, 4) is 0 Å². The SMILES string of the molecule is Cn1cc(S(=O)(=O)NCCC2CCCNC2)cc1C(N)=O. The maximum absolute atomic E-state index is 12.2. The Bertz CT molecular complexity index is 603. The predicted molar refractivity (Wildman–Crippen MR) is 79.3 cm³/mol. The number of carbonyl (C=O) groups is 1. The molecule has 1 amide bonds. The molecule has 1 saturated heterocycles. The van der Waals surface area contributed by atoms with Gasteiger partial charge in [-0.1, -0.05) is 0 Å². The number of piperidine rings is 1. The molecule has 7 nitrogen and oxygen atoms in total. The number of amides is 1. The Morgan fingerprint density at radius 3 is 2.90 bits per heavy atom. The quantitative estimate of drug-likeness (QED) is 0.675. The van der Waals surface area contributed by atoms with Gasteiger partial charge in [0.25, 0.3) is 5.91 Å². The Hall–Kier alpha value is -1.38. The van der Waals surface area contributed by atoms with Gasteiger partial charge in [-0.05, 0) is 44.3 Å². The third-order valence-electron chi connectivity index (χ3n) is 3.79. The van der Waals surface area contributed by atoms with Crippen LogP contribution in [-0.4, -0.2) is 38.5 Å². The minimum Gasteiger partial charge on any atom is -0.364 e. The summed E-state index contributed by atoms with van der Waals surface area (Å²) >= 11 is 0. The van der Waals surface area contributed by atoms with Crippen LogP contribution in [0.3, 0.4) is 0 Å². The number of nitrogens with one attached hydrogen (secondary N) is 2. The molecule has 2 heterocycles. The molecule has 2 rings (SSSR count). The molecule has 1 unspecified atom stereocenters. The lowest BCUT2D eigenvalue weighted by atomic mass is 9.96. The molecule has 0 bridgehead atoms. The van der Waals surface area contributed by atoms with Crippen LogP contribution in [0, 0.1) is 5.92 Å². The summed E-state index contributed by atoms with van der Waals surface area (Å²) in [7, 11) is -2.01. The number of nitrogens with two attached hydrogens (primary N) is 1. The summed E-state index contributed by atoms with van der Waals surface area (Å²) in [6.07, 6.45) is 4.47. The summed E-state index contributed by atoms with van der Waals surface area (Å²) < 4.78 is 28.3. The Labute approximate surface area is 124 Å². The zero-order chi connectivity index (χ0) is 15.5. The van der Waals surface area contributed by atoms with Crippen molar-refractivity contribution >= 4 is 15.9 Å². The van der Waals surface area contributed by atoms with Gasteiger partial charge in [-0.3, -0.25) is 4.79 Å². The zero-order valence-corrected chi connectivity index (χ0v) is 12.9. The van der Waals surface area contributed by atoms with Gasteiger partial charge in [-0.2, -0.15) is 0 Å². The zero-order valence-electron chi connectivity index (χ0n) is 12.1. The first-order valence-electron chi connectivity index (χ1n) is 7.06. The maximum atomic E-state index is 12.2. The van der Waals surface area contributed by atoms with Gasteiger partial charge < -0.3 is 15.6 Å². The highest BCUT2D eigenvalue weighted by Gasteiger charge is 2.20. The first-order chi connectivity index (χ1) is 9.90. The van der Waals surface area contributed by atoms with Crippen LogP contribution in [0.1, 0.15) is 29.8 Å². The number of aryl methyl sites for hydroxylation is 1. The van der Waals surface area contributed by atoms with E-state index >= 15 is 0 Å². The summed E-state index contributed by atoms with van der Waals surface area (Å²) in [6.45, 7) is 2.39. The van der Waals surface area contributed by atoms with Crippen molar-refractivity contribution in [1.29, 1.82) is 0 Å². The van der Waals surface area contributed by atoms with E-state index in [0.717, 1.165) is 32.4 Å². The molecule has 4 N–H and O–H groups in total. The normalized spacial score (nSPS) is 19.6. The second-order valence-corrected chi connectivity index (χ2v) is 7.20. The molecular formula is C13H22N4O3S. The molecule has 118 valence electrons. The van der Waals surface area contributed by atoms with Gasteiger partial charge in [0.05, 0.1) is 0 Å². The van der Waals surface area contributed by atoms with Gasteiger partial charge in [-0.25, -0.2) is 13.1 Å². The number of rotatable bonds is 6. The fourth-order valence-electron chi connectivity index (χ4n) is 2.58. The summed E-state index contributed by atoms with van der Waals surface area (Å²) in [4.78, 5) is 11.2. The van der Waals surface area contributed by atoms with E-state index in [2.05, 4.69) is 10.0 Å². The van der Waals surface area contributed by atoms with Gasteiger partial charge in [0.2, 0.25) is 10.0 Å². The minimum atomic E-state index is -3.60. The lowest BCUT2D eigenvalue weighted by molar-refractivity contribution is 0.0992. The van der Waals surface area contributed by atoms with Crippen molar-refractivity contribution in [3.05, 3.63) is 18.0 Å². The number of primary amides is 1. The van der Waals surface area contributed by atoms with E-state index in [4.69, 9.17) is 5.73 Å². The first kappa shape index (κ1) is 16.0. The van der Waals surface area contributed by atoms with Crippen molar-refractivity contribution in [2.24, 2.45) is 18.7 Å². The molecular weight excluding hydrogens is 292 g/mol. The number of aromatic nitrogens is 1. The topological polar surface area (TPSA) is 106 Å². The second-order valence-electron chi connectivity index (χ2n) is 5.44. The van der Waals surface area contributed by atoms with Crippen LogP contribution in [0.25, 0.3) is 0 Å². The highest BCUT2D eigenvalue weighted by Crippen LogP contribution is 2.15. The van der Waals surface area contributed by atoms with Gasteiger partial charge in [0.1, 0.15) is 10.6 Å². The van der Waals surface area contributed by atoms with Crippen molar-refractivity contribution in [2.75, 3.05) is 19.6 Å². The van der Waals surface area contributed by atoms with Crippen LogP contribution in [0.15, 0.2) is 17.2 Å². The van der Waals surface area contributed by atoms with E-state index in [0.29, 0.717) is 12.5 Å².